The van der Waals surface area contributed by atoms with Crippen molar-refractivity contribution in [1.29, 1.82) is 0 Å². The fraction of sp³-hybridized carbons (Fsp3) is 0.167. The largest absolute Gasteiger partial charge is 0.417 e. The zero-order valence-electron chi connectivity index (χ0n) is 10.1. The van der Waals surface area contributed by atoms with Gasteiger partial charge in [-0.05, 0) is 10.5 Å². The molecule has 0 bridgehead atoms. The highest BCUT2D eigenvalue weighted by Gasteiger charge is 2.23. The summed E-state index contributed by atoms with van der Waals surface area (Å²) in [6.45, 7) is 1.63. The van der Waals surface area contributed by atoms with Gasteiger partial charge >= 0.3 is 0 Å². The van der Waals surface area contributed by atoms with Crippen LogP contribution in [0.15, 0.2) is 39.4 Å². The molecule has 0 aliphatic heterocycles. The minimum absolute atomic E-state index is 0.111. The highest BCUT2D eigenvalue weighted by molar-refractivity contribution is 5.44. The van der Waals surface area contributed by atoms with Crippen molar-refractivity contribution in [2.45, 2.75) is 13.3 Å². The summed E-state index contributed by atoms with van der Waals surface area (Å²) in [5.74, 6) is 0.543. The molecule has 0 radical (unpaired) electrons. The summed E-state index contributed by atoms with van der Waals surface area (Å²) >= 11 is 0. The van der Waals surface area contributed by atoms with Gasteiger partial charge in [0.15, 0.2) is 0 Å². The number of hydrogen-bond donors (Lipinski definition) is 0. The second kappa shape index (κ2) is 4.52. The van der Waals surface area contributed by atoms with Crippen molar-refractivity contribution < 1.29 is 13.9 Å². The average molecular weight is 258 g/mol. The predicted molar refractivity (Wildman–Crippen MR) is 62.7 cm³/mol. The van der Waals surface area contributed by atoms with Crippen LogP contribution in [0, 0.1) is 12.1 Å². The molecular formula is C12H10N4O3. The van der Waals surface area contributed by atoms with Crippen LogP contribution in [-0.2, 0) is 6.42 Å². The summed E-state index contributed by atoms with van der Waals surface area (Å²) < 4.78 is 9.91. The molecule has 7 heteroatoms. The van der Waals surface area contributed by atoms with Crippen molar-refractivity contribution in [3.05, 3.63) is 52.7 Å². The van der Waals surface area contributed by atoms with Crippen LogP contribution >= 0.6 is 0 Å². The zero-order valence-corrected chi connectivity index (χ0v) is 10.1. The van der Waals surface area contributed by atoms with Gasteiger partial charge < -0.3 is 9.62 Å². The van der Waals surface area contributed by atoms with E-state index in [2.05, 4.69) is 20.0 Å². The summed E-state index contributed by atoms with van der Waals surface area (Å²) in [5.41, 5.74) is 1.60. The Balaban J connectivity index is 1.88. The second-order valence-corrected chi connectivity index (χ2v) is 4.03. The Hall–Kier alpha value is -2.70. The molecule has 0 aliphatic carbocycles. The second-order valence-electron chi connectivity index (χ2n) is 4.03. The molecule has 0 amide bonds. The number of aryl methyl sites for hydroxylation is 1. The Kier molecular flexibility index (Phi) is 2.71. The maximum Gasteiger partial charge on any atom is 0.296 e. The summed E-state index contributed by atoms with van der Waals surface area (Å²) in [6, 6.07) is 9.72. The molecule has 0 spiro atoms. The number of rotatable bonds is 3. The van der Waals surface area contributed by atoms with Crippen molar-refractivity contribution in [1.82, 2.24) is 15.4 Å². The van der Waals surface area contributed by atoms with Gasteiger partial charge in [0.1, 0.15) is 0 Å². The molecule has 96 valence electrons. The van der Waals surface area contributed by atoms with Crippen LogP contribution < -0.4 is 4.90 Å². The maximum absolute atomic E-state index is 11.4. The molecule has 2 heterocycles. The molecule has 3 aromatic rings. The smallest absolute Gasteiger partial charge is 0.296 e. The van der Waals surface area contributed by atoms with Crippen LogP contribution in [0.3, 0.4) is 0 Å². The van der Waals surface area contributed by atoms with Crippen molar-refractivity contribution >= 4 is 0 Å². The molecule has 3 rings (SSSR count). The van der Waals surface area contributed by atoms with Crippen LogP contribution in [0.2, 0.25) is 0 Å². The highest BCUT2D eigenvalue weighted by atomic mass is 16.8. The van der Waals surface area contributed by atoms with Gasteiger partial charge in [-0.3, -0.25) is 4.63 Å². The van der Waals surface area contributed by atoms with Gasteiger partial charge in [0.25, 0.3) is 11.6 Å². The van der Waals surface area contributed by atoms with E-state index >= 15 is 0 Å². The average Bonchev–Trinajstić information content (AvgIpc) is 2.98. The fourth-order valence-corrected chi connectivity index (χ4v) is 1.74. The lowest BCUT2D eigenvalue weighted by Gasteiger charge is -1.94. The van der Waals surface area contributed by atoms with E-state index in [1.54, 1.807) is 6.92 Å². The monoisotopic (exact) mass is 258 g/mol. The highest BCUT2D eigenvalue weighted by Crippen LogP contribution is 2.18. The van der Waals surface area contributed by atoms with Crippen LogP contribution in [0.1, 0.15) is 17.1 Å². The zero-order chi connectivity index (χ0) is 13.2. The van der Waals surface area contributed by atoms with Crippen molar-refractivity contribution in [3.63, 3.8) is 0 Å². The topological polar surface area (TPSA) is 91.9 Å². The molecule has 0 unspecified atom stereocenters. The summed E-state index contributed by atoms with van der Waals surface area (Å²) in [5, 5.41) is 22.7. The Morgan fingerprint density at radius 1 is 1.21 bits per heavy atom. The number of nitrogens with zero attached hydrogens (tertiary/aromatic N) is 4. The Labute approximate surface area is 108 Å². The van der Waals surface area contributed by atoms with Crippen LogP contribution in [0.5, 0.6) is 0 Å². The van der Waals surface area contributed by atoms with Gasteiger partial charge in [0, 0.05) is 12.1 Å². The van der Waals surface area contributed by atoms with Crippen LogP contribution in [-0.4, -0.2) is 15.4 Å². The van der Waals surface area contributed by atoms with E-state index in [4.69, 9.17) is 4.42 Å². The van der Waals surface area contributed by atoms with Gasteiger partial charge in [-0.25, -0.2) is 0 Å². The predicted octanol–water partition coefficient (Wildman–Crippen LogP) is 1.26. The normalized spacial score (nSPS) is 10.8. The molecule has 1 aromatic carbocycles. The molecule has 0 aliphatic rings. The molecule has 19 heavy (non-hydrogen) atoms. The molecule has 0 atom stereocenters. The first kappa shape index (κ1) is 11.4. The Morgan fingerprint density at radius 2 is 2.00 bits per heavy atom. The van der Waals surface area contributed by atoms with E-state index < -0.39 is 0 Å². The third-order valence-corrected chi connectivity index (χ3v) is 2.64. The number of benzene rings is 1. The van der Waals surface area contributed by atoms with E-state index in [-0.39, 0.29) is 16.5 Å². The Bertz CT molecular complexity index is 671. The van der Waals surface area contributed by atoms with Crippen LogP contribution in [0.4, 0.5) is 0 Å². The van der Waals surface area contributed by atoms with Crippen molar-refractivity contribution in [2.75, 3.05) is 0 Å². The first-order chi connectivity index (χ1) is 9.24. The third-order valence-electron chi connectivity index (χ3n) is 2.64. The van der Waals surface area contributed by atoms with Gasteiger partial charge in [-0.1, -0.05) is 30.3 Å². The number of aromatic nitrogens is 4. The lowest BCUT2D eigenvalue weighted by molar-refractivity contribution is -0.794. The lowest BCUT2D eigenvalue weighted by Crippen LogP contribution is -2.25. The SMILES string of the molecule is Cc1no[n+]([O-])c1-c1nnc(Cc2ccccc2)o1. The van der Waals surface area contributed by atoms with E-state index in [9.17, 15) is 5.21 Å². The summed E-state index contributed by atoms with van der Waals surface area (Å²) in [6.07, 6.45) is 0.511. The van der Waals surface area contributed by atoms with Crippen molar-refractivity contribution in [3.8, 4) is 11.6 Å². The maximum atomic E-state index is 11.4. The molecule has 0 fully saturated rings. The third kappa shape index (κ3) is 2.17. The minimum Gasteiger partial charge on any atom is -0.417 e. The molecular weight excluding hydrogens is 248 g/mol. The summed E-state index contributed by atoms with van der Waals surface area (Å²) in [4.78, 5) is 0.259. The molecule has 0 saturated heterocycles. The van der Waals surface area contributed by atoms with Gasteiger partial charge in [-0.2, -0.15) is 0 Å². The molecule has 0 N–H and O–H groups in total. The lowest BCUT2D eigenvalue weighted by atomic mass is 10.2. The van der Waals surface area contributed by atoms with Crippen molar-refractivity contribution in [2.24, 2.45) is 0 Å². The van der Waals surface area contributed by atoms with E-state index in [0.717, 1.165) is 5.56 Å². The fourth-order valence-electron chi connectivity index (χ4n) is 1.74. The molecule has 2 aromatic heterocycles. The summed E-state index contributed by atoms with van der Waals surface area (Å²) in [7, 11) is 0. The van der Waals surface area contributed by atoms with Crippen LogP contribution in [0.25, 0.3) is 11.6 Å². The van der Waals surface area contributed by atoms with E-state index in [0.29, 0.717) is 18.0 Å². The van der Waals surface area contributed by atoms with Gasteiger partial charge in [0.05, 0.1) is 6.42 Å². The van der Waals surface area contributed by atoms with Gasteiger partial charge in [-0.15, -0.1) is 10.2 Å². The molecule has 7 nitrogen and oxygen atoms in total. The molecule has 0 saturated carbocycles. The standard InChI is InChI=1S/C12H10N4O3/c1-8-11(16(17)19-15-8)12-14-13-10(18-12)7-9-5-3-2-4-6-9/h2-6H,7H2,1H3. The van der Waals surface area contributed by atoms with E-state index in [1.165, 1.54) is 0 Å². The minimum atomic E-state index is 0.111. The van der Waals surface area contributed by atoms with E-state index in [1.807, 2.05) is 30.3 Å². The first-order valence-electron chi connectivity index (χ1n) is 5.67. The first-order valence-corrected chi connectivity index (χ1v) is 5.67. The number of hydrogen-bond acceptors (Lipinski definition) is 6. The van der Waals surface area contributed by atoms with Gasteiger partial charge in [0.2, 0.25) is 11.6 Å². The Morgan fingerprint density at radius 3 is 2.68 bits per heavy atom. The quantitative estimate of drug-likeness (QED) is 0.656.